The summed E-state index contributed by atoms with van der Waals surface area (Å²) in [4.78, 5) is 1.43. The lowest BCUT2D eigenvalue weighted by atomic mass is 10.2. The van der Waals surface area contributed by atoms with Crippen LogP contribution in [0.3, 0.4) is 0 Å². The van der Waals surface area contributed by atoms with E-state index in [9.17, 15) is 8.78 Å². The van der Waals surface area contributed by atoms with Gasteiger partial charge in [-0.1, -0.05) is 12.1 Å². The Kier molecular flexibility index (Phi) is 3.60. The molecule has 0 amide bonds. The Morgan fingerprint density at radius 2 is 2.20 bits per heavy atom. The van der Waals surface area contributed by atoms with Crippen LogP contribution in [-0.2, 0) is 0 Å². The van der Waals surface area contributed by atoms with Crippen molar-refractivity contribution in [3.05, 3.63) is 29.8 Å². The van der Waals surface area contributed by atoms with E-state index in [4.69, 9.17) is 11.1 Å². The Morgan fingerprint density at radius 1 is 1.53 bits per heavy atom. The number of nitrogen functional groups attached to an aromatic ring is 1. The SMILES string of the molecule is CN(CC(F)F)c1cccc(C(=N)N)c1. The molecule has 3 N–H and O–H groups in total. The summed E-state index contributed by atoms with van der Waals surface area (Å²) in [5, 5.41) is 7.23. The molecular weight excluding hydrogens is 200 g/mol. The first-order chi connectivity index (χ1) is 7.00. The molecule has 0 saturated carbocycles. The number of nitrogens with one attached hydrogen (secondary N) is 1. The van der Waals surface area contributed by atoms with Gasteiger partial charge in [0.2, 0.25) is 0 Å². The van der Waals surface area contributed by atoms with E-state index >= 15 is 0 Å². The first-order valence-corrected chi connectivity index (χ1v) is 4.44. The maximum atomic E-state index is 12.1. The van der Waals surface area contributed by atoms with Crippen molar-refractivity contribution < 1.29 is 8.78 Å². The molecule has 0 aliphatic rings. The number of nitrogens with two attached hydrogens (primary N) is 1. The second kappa shape index (κ2) is 4.72. The molecule has 0 saturated heterocycles. The average molecular weight is 213 g/mol. The van der Waals surface area contributed by atoms with Crippen LogP contribution in [0.25, 0.3) is 0 Å². The number of alkyl halides is 2. The average Bonchev–Trinajstić information content (AvgIpc) is 2.17. The number of halogens is 2. The third-order valence-corrected chi connectivity index (χ3v) is 2.01. The first-order valence-electron chi connectivity index (χ1n) is 4.44. The molecule has 1 aromatic carbocycles. The third-order valence-electron chi connectivity index (χ3n) is 2.01. The van der Waals surface area contributed by atoms with Crippen molar-refractivity contribution >= 4 is 11.5 Å². The smallest absolute Gasteiger partial charge is 0.255 e. The van der Waals surface area contributed by atoms with Gasteiger partial charge in [-0.2, -0.15) is 0 Å². The molecule has 1 rings (SSSR count). The Hall–Kier alpha value is -1.65. The number of benzene rings is 1. The quantitative estimate of drug-likeness (QED) is 0.590. The van der Waals surface area contributed by atoms with E-state index in [1.54, 1.807) is 31.3 Å². The first kappa shape index (κ1) is 11.4. The maximum Gasteiger partial charge on any atom is 0.255 e. The van der Waals surface area contributed by atoms with Crippen LogP contribution in [0.1, 0.15) is 5.56 Å². The van der Waals surface area contributed by atoms with Gasteiger partial charge in [0.05, 0.1) is 6.54 Å². The minimum Gasteiger partial charge on any atom is -0.384 e. The van der Waals surface area contributed by atoms with Crippen LogP contribution in [0.2, 0.25) is 0 Å². The van der Waals surface area contributed by atoms with Gasteiger partial charge in [-0.3, -0.25) is 5.41 Å². The van der Waals surface area contributed by atoms with Crippen molar-refractivity contribution in [3.8, 4) is 0 Å². The van der Waals surface area contributed by atoms with Crippen molar-refractivity contribution in [2.24, 2.45) is 5.73 Å². The molecule has 0 radical (unpaired) electrons. The van der Waals surface area contributed by atoms with E-state index in [2.05, 4.69) is 0 Å². The molecular formula is C10H13F2N3. The van der Waals surface area contributed by atoms with Crippen molar-refractivity contribution in [3.63, 3.8) is 0 Å². The maximum absolute atomic E-state index is 12.1. The lowest BCUT2D eigenvalue weighted by molar-refractivity contribution is 0.156. The summed E-state index contributed by atoms with van der Waals surface area (Å²) in [5.41, 5.74) is 6.46. The van der Waals surface area contributed by atoms with Crippen LogP contribution in [-0.4, -0.2) is 25.9 Å². The molecule has 1 aromatic rings. The van der Waals surface area contributed by atoms with Crippen molar-refractivity contribution in [1.29, 1.82) is 5.41 Å². The Bertz CT molecular complexity index is 352. The summed E-state index contributed by atoms with van der Waals surface area (Å²) < 4.78 is 24.2. The summed E-state index contributed by atoms with van der Waals surface area (Å²) in [6.07, 6.45) is -2.38. The van der Waals surface area contributed by atoms with Crippen LogP contribution >= 0.6 is 0 Å². The van der Waals surface area contributed by atoms with Crippen LogP contribution in [0.15, 0.2) is 24.3 Å². The number of nitrogens with zero attached hydrogens (tertiary/aromatic N) is 1. The Balaban J connectivity index is 2.85. The molecule has 82 valence electrons. The topological polar surface area (TPSA) is 53.1 Å². The highest BCUT2D eigenvalue weighted by Crippen LogP contribution is 2.15. The molecule has 0 fully saturated rings. The van der Waals surface area contributed by atoms with E-state index in [1.165, 1.54) is 4.90 Å². The normalized spacial score (nSPS) is 10.4. The molecule has 3 nitrogen and oxygen atoms in total. The molecule has 5 heteroatoms. The number of hydrogen-bond donors (Lipinski definition) is 2. The minimum absolute atomic E-state index is 0.0673. The monoisotopic (exact) mass is 213 g/mol. The van der Waals surface area contributed by atoms with Crippen molar-refractivity contribution in [2.45, 2.75) is 6.43 Å². The predicted octanol–water partition coefficient (Wildman–Crippen LogP) is 1.67. The largest absolute Gasteiger partial charge is 0.384 e. The second-order valence-electron chi connectivity index (χ2n) is 3.24. The number of amidine groups is 1. The van der Waals surface area contributed by atoms with E-state index in [0.29, 0.717) is 11.3 Å². The van der Waals surface area contributed by atoms with Gasteiger partial charge in [-0.15, -0.1) is 0 Å². The van der Waals surface area contributed by atoms with Gasteiger partial charge in [-0.25, -0.2) is 8.78 Å². The van der Waals surface area contributed by atoms with Gasteiger partial charge in [-0.05, 0) is 12.1 Å². The van der Waals surface area contributed by atoms with Gasteiger partial charge in [0, 0.05) is 18.3 Å². The second-order valence-corrected chi connectivity index (χ2v) is 3.24. The predicted molar refractivity (Wildman–Crippen MR) is 56.7 cm³/mol. The summed E-state index contributed by atoms with van der Waals surface area (Å²) in [5.74, 6) is -0.0673. The zero-order valence-corrected chi connectivity index (χ0v) is 8.37. The van der Waals surface area contributed by atoms with Crippen molar-refractivity contribution in [1.82, 2.24) is 0 Å². The molecule has 0 aliphatic carbocycles. The zero-order chi connectivity index (χ0) is 11.4. The van der Waals surface area contributed by atoms with Crippen LogP contribution in [0.4, 0.5) is 14.5 Å². The fourth-order valence-electron chi connectivity index (χ4n) is 1.22. The highest BCUT2D eigenvalue weighted by molar-refractivity contribution is 5.95. The van der Waals surface area contributed by atoms with E-state index in [1.807, 2.05) is 0 Å². The van der Waals surface area contributed by atoms with E-state index in [-0.39, 0.29) is 12.4 Å². The molecule has 0 aromatic heterocycles. The Labute approximate surface area is 87.0 Å². The summed E-state index contributed by atoms with van der Waals surface area (Å²) in [6.45, 7) is -0.332. The molecule has 0 bridgehead atoms. The third kappa shape index (κ3) is 3.19. The molecule has 15 heavy (non-hydrogen) atoms. The van der Waals surface area contributed by atoms with E-state index in [0.717, 1.165) is 0 Å². The highest BCUT2D eigenvalue weighted by atomic mass is 19.3. The number of anilines is 1. The fourth-order valence-corrected chi connectivity index (χ4v) is 1.22. The molecule has 0 unspecified atom stereocenters. The van der Waals surface area contributed by atoms with Gasteiger partial charge in [0.25, 0.3) is 6.43 Å². The summed E-state index contributed by atoms with van der Waals surface area (Å²) in [6, 6.07) is 6.68. The zero-order valence-electron chi connectivity index (χ0n) is 8.37. The number of hydrogen-bond acceptors (Lipinski definition) is 2. The summed E-state index contributed by atoms with van der Waals surface area (Å²) >= 11 is 0. The molecule has 0 spiro atoms. The van der Waals surface area contributed by atoms with Crippen molar-refractivity contribution in [2.75, 3.05) is 18.5 Å². The lowest BCUT2D eigenvalue weighted by Gasteiger charge is -2.19. The highest BCUT2D eigenvalue weighted by Gasteiger charge is 2.09. The van der Waals surface area contributed by atoms with Gasteiger partial charge >= 0.3 is 0 Å². The van der Waals surface area contributed by atoms with Gasteiger partial charge < -0.3 is 10.6 Å². The van der Waals surface area contributed by atoms with E-state index < -0.39 is 6.43 Å². The van der Waals surface area contributed by atoms with Gasteiger partial charge in [0.1, 0.15) is 5.84 Å². The summed E-state index contributed by atoms with van der Waals surface area (Å²) in [7, 11) is 1.57. The Morgan fingerprint density at radius 3 is 2.73 bits per heavy atom. The molecule has 0 heterocycles. The van der Waals surface area contributed by atoms with Crippen LogP contribution < -0.4 is 10.6 Å². The van der Waals surface area contributed by atoms with Crippen LogP contribution in [0.5, 0.6) is 0 Å². The van der Waals surface area contributed by atoms with Crippen LogP contribution in [0, 0.1) is 5.41 Å². The fraction of sp³-hybridized carbons (Fsp3) is 0.300. The van der Waals surface area contributed by atoms with Gasteiger partial charge in [0.15, 0.2) is 0 Å². The number of rotatable bonds is 4. The molecule has 0 aliphatic heterocycles. The molecule has 0 atom stereocenters. The standard InChI is InChI=1S/C10H13F2N3/c1-15(6-9(11)12)8-4-2-3-7(5-8)10(13)14/h2-5,9H,6H2,1H3,(H3,13,14). The minimum atomic E-state index is -2.38. The lowest BCUT2D eigenvalue weighted by Crippen LogP contribution is -2.24.